The summed E-state index contributed by atoms with van der Waals surface area (Å²) < 4.78 is 26.9. The Morgan fingerprint density at radius 1 is 0.857 bits per heavy atom. The molecule has 3 aromatic rings. The van der Waals surface area contributed by atoms with Crippen molar-refractivity contribution in [3.8, 4) is 0 Å². The zero-order valence-corrected chi connectivity index (χ0v) is 26.8. The highest BCUT2D eigenvalue weighted by Crippen LogP contribution is 2.26. The van der Waals surface area contributed by atoms with E-state index in [4.69, 9.17) is 0 Å². The van der Waals surface area contributed by atoms with Crippen molar-refractivity contribution in [1.82, 2.24) is 10.2 Å². The van der Waals surface area contributed by atoms with Gasteiger partial charge in [0.25, 0.3) is 0 Å². The van der Waals surface area contributed by atoms with Crippen LogP contribution >= 0.6 is 0 Å². The van der Waals surface area contributed by atoms with E-state index in [9.17, 15) is 18.0 Å². The number of amides is 2. The van der Waals surface area contributed by atoms with Gasteiger partial charge in [-0.1, -0.05) is 72.3 Å². The van der Waals surface area contributed by atoms with Crippen molar-refractivity contribution in [1.29, 1.82) is 0 Å². The molecule has 0 aliphatic rings. The smallest absolute Gasteiger partial charge is 0.243 e. The van der Waals surface area contributed by atoms with Gasteiger partial charge in [0.05, 0.1) is 11.9 Å². The van der Waals surface area contributed by atoms with Crippen molar-refractivity contribution in [2.75, 3.05) is 17.1 Å². The quantitative estimate of drug-likeness (QED) is 0.292. The fraction of sp³-hybridized carbons (Fsp3) is 0.412. The maximum atomic E-state index is 14.0. The molecule has 3 rings (SSSR count). The van der Waals surface area contributed by atoms with Gasteiger partial charge in [-0.2, -0.15) is 0 Å². The van der Waals surface area contributed by atoms with Crippen LogP contribution in [0.5, 0.6) is 0 Å². The summed E-state index contributed by atoms with van der Waals surface area (Å²) in [4.78, 5) is 29.4. The number of anilines is 1. The van der Waals surface area contributed by atoms with Gasteiger partial charge >= 0.3 is 0 Å². The predicted octanol–water partition coefficient (Wildman–Crippen LogP) is 5.71. The molecular weight excluding hydrogens is 546 g/mol. The minimum Gasteiger partial charge on any atom is -0.350 e. The van der Waals surface area contributed by atoms with E-state index in [-0.39, 0.29) is 31.3 Å². The summed E-state index contributed by atoms with van der Waals surface area (Å²) in [6.45, 7) is 12.0. The molecule has 226 valence electrons. The van der Waals surface area contributed by atoms with Crippen LogP contribution in [0.15, 0.2) is 72.8 Å². The average molecular weight is 592 g/mol. The zero-order chi connectivity index (χ0) is 31.1. The monoisotopic (exact) mass is 591 g/mol. The van der Waals surface area contributed by atoms with Crippen molar-refractivity contribution >= 4 is 27.5 Å². The number of benzene rings is 3. The second-order valence-electron chi connectivity index (χ2n) is 12.1. The third-order valence-electron chi connectivity index (χ3n) is 7.24. The number of carbonyl (C=O) groups excluding carboxylic acids is 2. The van der Waals surface area contributed by atoms with Gasteiger partial charge < -0.3 is 10.2 Å². The third kappa shape index (κ3) is 9.44. The molecular formula is C34H45N3O4S. The first-order chi connectivity index (χ1) is 19.7. The molecule has 0 aliphatic carbocycles. The fourth-order valence-corrected chi connectivity index (χ4v) is 5.90. The van der Waals surface area contributed by atoms with Gasteiger partial charge in [-0.05, 0) is 76.3 Å². The lowest BCUT2D eigenvalue weighted by molar-refractivity contribution is -0.142. The molecule has 0 fully saturated rings. The first kappa shape index (κ1) is 32.9. The molecule has 1 unspecified atom stereocenters. The molecule has 8 heteroatoms. The fourth-order valence-electron chi connectivity index (χ4n) is 4.89. The molecule has 42 heavy (non-hydrogen) atoms. The number of hydrogen-bond donors (Lipinski definition) is 1. The summed E-state index contributed by atoms with van der Waals surface area (Å²) in [6.07, 6.45) is 1.95. The number of aryl methyl sites for hydroxylation is 2. The van der Waals surface area contributed by atoms with Gasteiger partial charge in [0.15, 0.2) is 0 Å². The molecule has 1 atom stereocenters. The van der Waals surface area contributed by atoms with E-state index in [0.717, 1.165) is 27.8 Å². The molecule has 3 aromatic carbocycles. The standard InChI is InChI=1S/C34H45N3O4S/c1-25-18-20-29(21-19-25)24-36(31(33(39)35-34(4,5)6)23-28-14-9-8-10-15-28)32(38)17-12-22-37(42(7,40)41)30-16-11-13-26(2)27(30)3/h8-11,13-16,18-21,31H,12,17,22-24H2,1-7H3,(H,35,39). The Hall–Kier alpha value is -3.65. The number of hydrogen-bond acceptors (Lipinski definition) is 4. The van der Waals surface area contributed by atoms with Crippen LogP contribution in [0.1, 0.15) is 61.4 Å². The average Bonchev–Trinajstić information content (AvgIpc) is 2.90. The Kier molecular flexibility index (Phi) is 11.0. The highest BCUT2D eigenvalue weighted by Gasteiger charge is 2.32. The van der Waals surface area contributed by atoms with E-state index < -0.39 is 21.6 Å². The van der Waals surface area contributed by atoms with Crippen molar-refractivity contribution < 1.29 is 18.0 Å². The third-order valence-corrected chi connectivity index (χ3v) is 8.42. The topological polar surface area (TPSA) is 86.8 Å². The van der Waals surface area contributed by atoms with E-state index in [0.29, 0.717) is 18.5 Å². The largest absolute Gasteiger partial charge is 0.350 e. The van der Waals surface area contributed by atoms with Crippen molar-refractivity contribution in [3.63, 3.8) is 0 Å². The first-order valence-corrected chi connectivity index (χ1v) is 16.3. The van der Waals surface area contributed by atoms with Crippen LogP contribution in [-0.2, 0) is 32.6 Å². The van der Waals surface area contributed by atoms with Crippen molar-refractivity contribution in [3.05, 3.63) is 101 Å². The molecule has 0 spiro atoms. The lowest BCUT2D eigenvalue weighted by atomic mass is 10.00. The van der Waals surface area contributed by atoms with Gasteiger partial charge in [-0.15, -0.1) is 0 Å². The Morgan fingerprint density at radius 2 is 1.50 bits per heavy atom. The Labute approximate surface area is 252 Å². The number of nitrogens with zero attached hydrogens (tertiary/aromatic N) is 2. The lowest BCUT2D eigenvalue weighted by Gasteiger charge is -2.34. The molecule has 0 heterocycles. The number of rotatable bonds is 12. The van der Waals surface area contributed by atoms with E-state index >= 15 is 0 Å². The second kappa shape index (κ2) is 14.0. The van der Waals surface area contributed by atoms with E-state index in [2.05, 4.69) is 5.32 Å². The van der Waals surface area contributed by atoms with E-state index in [1.54, 1.807) is 11.0 Å². The lowest BCUT2D eigenvalue weighted by Crippen LogP contribution is -2.54. The van der Waals surface area contributed by atoms with E-state index in [1.165, 1.54) is 10.6 Å². The molecule has 0 aromatic heterocycles. The Balaban J connectivity index is 1.92. The molecule has 2 amide bonds. The Bertz CT molecular complexity index is 1460. The number of nitrogens with one attached hydrogen (secondary N) is 1. The first-order valence-electron chi connectivity index (χ1n) is 14.4. The maximum absolute atomic E-state index is 14.0. The summed E-state index contributed by atoms with van der Waals surface area (Å²) in [7, 11) is -3.57. The summed E-state index contributed by atoms with van der Waals surface area (Å²) in [5, 5.41) is 3.08. The highest BCUT2D eigenvalue weighted by atomic mass is 32.2. The minimum absolute atomic E-state index is 0.0941. The second-order valence-corrected chi connectivity index (χ2v) is 14.0. The minimum atomic E-state index is -3.57. The van der Waals surface area contributed by atoms with Gasteiger partial charge in [0.1, 0.15) is 6.04 Å². The Morgan fingerprint density at radius 3 is 2.10 bits per heavy atom. The zero-order valence-electron chi connectivity index (χ0n) is 26.0. The number of sulfonamides is 1. The maximum Gasteiger partial charge on any atom is 0.243 e. The van der Waals surface area contributed by atoms with Crippen LogP contribution in [0.25, 0.3) is 0 Å². The van der Waals surface area contributed by atoms with Crippen LogP contribution in [0, 0.1) is 20.8 Å². The van der Waals surface area contributed by atoms with Gasteiger partial charge in [-0.3, -0.25) is 13.9 Å². The molecule has 0 aliphatic heterocycles. The van der Waals surface area contributed by atoms with Gasteiger partial charge in [-0.25, -0.2) is 8.42 Å². The van der Waals surface area contributed by atoms with Crippen molar-refractivity contribution in [2.24, 2.45) is 0 Å². The van der Waals surface area contributed by atoms with Crippen LogP contribution in [0.3, 0.4) is 0 Å². The van der Waals surface area contributed by atoms with Crippen LogP contribution < -0.4 is 9.62 Å². The summed E-state index contributed by atoms with van der Waals surface area (Å²) in [5.41, 5.74) is 5.00. The molecule has 1 N–H and O–H groups in total. The normalized spacial score (nSPS) is 12.5. The summed E-state index contributed by atoms with van der Waals surface area (Å²) in [5.74, 6) is -0.421. The van der Waals surface area contributed by atoms with Gasteiger partial charge in [0, 0.05) is 31.5 Å². The van der Waals surface area contributed by atoms with Crippen LogP contribution in [0.2, 0.25) is 0 Å². The highest BCUT2D eigenvalue weighted by molar-refractivity contribution is 7.92. The predicted molar refractivity (Wildman–Crippen MR) is 171 cm³/mol. The molecule has 7 nitrogen and oxygen atoms in total. The summed E-state index contributed by atoms with van der Waals surface area (Å²) in [6, 6.07) is 22.5. The molecule has 0 radical (unpaired) electrons. The number of carbonyl (C=O) groups is 2. The van der Waals surface area contributed by atoms with Gasteiger partial charge in [0.2, 0.25) is 21.8 Å². The summed E-state index contributed by atoms with van der Waals surface area (Å²) >= 11 is 0. The molecule has 0 saturated heterocycles. The van der Waals surface area contributed by atoms with Crippen LogP contribution in [0.4, 0.5) is 5.69 Å². The molecule has 0 saturated carbocycles. The van der Waals surface area contributed by atoms with Crippen LogP contribution in [-0.4, -0.2) is 49.5 Å². The van der Waals surface area contributed by atoms with Crippen molar-refractivity contribution in [2.45, 2.75) is 78.9 Å². The molecule has 0 bridgehead atoms. The van der Waals surface area contributed by atoms with E-state index in [1.807, 2.05) is 108 Å². The SMILES string of the molecule is Cc1ccc(CN(C(=O)CCCN(c2cccc(C)c2C)S(C)(=O)=O)C(Cc2ccccc2)C(=O)NC(C)(C)C)cc1.